The zero-order chi connectivity index (χ0) is 14.4. The van der Waals surface area contributed by atoms with Crippen LogP contribution in [-0.4, -0.2) is 17.0 Å². The normalized spacial score (nSPS) is 10.2. The van der Waals surface area contributed by atoms with E-state index in [0.717, 1.165) is 11.1 Å². The van der Waals surface area contributed by atoms with Crippen LogP contribution in [0.2, 0.25) is 0 Å². The van der Waals surface area contributed by atoms with Gasteiger partial charge in [0.2, 0.25) is 0 Å². The summed E-state index contributed by atoms with van der Waals surface area (Å²) >= 11 is 0. The number of nitro benzene ring substituents is 1. The Kier molecular flexibility index (Phi) is 4.62. The zero-order valence-corrected chi connectivity index (χ0v) is 11.1. The molecule has 0 spiro atoms. The van der Waals surface area contributed by atoms with Crippen LogP contribution in [0.4, 0.5) is 5.69 Å². The highest BCUT2D eigenvalue weighted by Gasteiger charge is 2.16. The molecule has 0 saturated carbocycles. The zero-order valence-electron chi connectivity index (χ0n) is 11.1. The lowest BCUT2D eigenvalue weighted by Gasteiger charge is -2.08. The van der Waals surface area contributed by atoms with E-state index in [-0.39, 0.29) is 18.0 Å². The predicted octanol–water partition coefficient (Wildman–Crippen LogP) is 2.29. The quantitative estimate of drug-likeness (QED) is 0.645. The van der Waals surface area contributed by atoms with Gasteiger partial charge in [0.25, 0.3) is 0 Å². The van der Waals surface area contributed by atoms with Gasteiger partial charge >= 0.3 is 5.69 Å². The van der Waals surface area contributed by atoms with E-state index in [4.69, 9.17) is 4.74 Å². The van der Waals surface area contributed by atoms with Gasteiger partial charge in [-0.15, -0.1) is 0 Å². The molecular weight excluding hydrogens is 258 g/mol. The van der Waals surface area contributed by atoms with Gasteiger partial charge in [-0.2, -0.15) is 0 Å². The van der Waals surface area contributed by atoms with Gasteiger partial charge in [-0.25, -0.2) is 0 Å². The minimum atomic E-state index is -0.433. The topological polar surface area (TPSA) is 77.3 Å². The van der Waals surface area contributed by atoms with E-state index in [0.29, 0.717) is 6.54 Å². The molecule has 0 aliphatic carbocycles. The highest BCUT2D eigenvalue weighted by atomic mass is 16.6. The summed E-state index contributed by atoms with van der Waals surface area (Å²) in [7, 11) is 1.79. The smallest absolute Gasteiger partial charge is 0.311 e. The van der Waals surface area contributed by atoms with Crippen molar-refractivity contribution in [1.29, 1.82) is 0 Å². The maximum Gasteiger partial charge on any atom is 0.311 e. The van der Waals surface area contributed by atoms with Crippen molar-refractivity contribution < 1.29 is 9.66 Å². The number of hydrogen-bond acceptors (Lipinski definition) is 5. The lowest BCUT2D eigenvalue weighted by molar-refractivity contribution is -0.386. The predicted molar refractivity (Wildman–Crippen MR) is 74.4 cm³/mol. The van der Waals surface area contributed by atoms with Crippen molar-refractivity contribution in [2.24, 2.45) is 0 Å². The number of aromatic nitrogens is 1. The van der Waals surface area contributed by atoms with Crippen molar-refractivity contribution in [2.75, 3.05) is 7.05 Å². The fourth-order valence-electron chi connectivity index (χ4n) is 1.79. The first-order chi connectivity index (χ1) is 9.70. The third-order valence-corrected chi connectivity index (χ3v) is 2.72. The molecule has 0 bridgehead atoms. The maximum atomic E-state index is 11.1. The number of ether oxygens (including phenoxy) is 1. The van der Waals surface area contributed by atoms with Gasteiger partial charge in [0.1, 0.15) is 6.61 Å². The van der Waals surface area contributed by atoms with E-state index in [1.165, 1.54) is 6.07 Å². The van der Waals surface area contributed by atoms with E-state index in [9.17, 15) is 10.1 Å². The van der Waals surface area contributed by atoms with Crippen LogP contribution < -0.4 is 10.1 Å². The summed E-state index contributed by atoms with van der Waals surface area (Å²) in [6.45, 7) is 0.823. The molecule has 0 radical (unpaired) electrons. The molecule has 2 aromatic rings. The Labute approximate surface area is 116 Å². The van der Waals surface area contributed by atoms with Gasteiger partial charge in [-0.05, 0) is 24.7 Å². The molecule has 20 heavy (non-hydrogen) atoms. The van der Waals surface area contributed by atoms with Crippen LogP contribution in [0.15, 0.2) is 42.7 Å². The molecule has 6 nitrogen and oxygen atoms in total. The Bertz CT molecular complexity index is 587. The standard InChI is InChI=1S/C14H15N3O3/c1-15-8-11-4-5-14(13(7-11)17(18)19)20-10-12-3-2-6-16-9-12/h2-7,9,15H,8,10H2,1H3. The molecule has 0 unspecified atom stereocenters. The molecule has 1 heterocycles. The first-order valence-electron chi connectivity index (χ1n) is 6.14. The fraction of sp³-hybridized carbons (Fsp3) is 0.214. The second kappa shape index (κ2) is 6.63. The molecule has 2 rings (SSSR count). The van der Waals surface area contributed by atoms with E-state index in [1.54, 1.807) is 31.6 Å². The molecular formula is C14H15N3O3. The van der Waals surface area contributed by atoms with Crippen LogP contribution in [-0.2, 0) is 13.2 Å². The molecule has 1 aromatic carbocycles. The van der Waals surface area contributed by atoms with Crippen LogP contribution in [0.5, 0.6) is 5.75 Å². The fourth-order valence-corrected chi connectivity index (χ4v) is 1.79. The second-order valence-corrected chi connectivity index (χ2v) is 4.24. The number of pyridine rings is 1. The highest BCUT2D eigenvalue weighted by Crippen LogP contribution is 2.28. The second-order valence-electron chi connectivity index (χ2n) is 4.24. The van der Waals surface area contributed by atoms with Gasteiger partial charge < -0.3 is 10.1 Å². The number of nitrogens with one attached hydrogen (secondary N) is 1. The molecule has 0 atom stereocenters. The summed E-state index contributed by atoms with van der Waals surface area (Å²) < 4.78 is 5.52. The van der Waals surface area contributed by atoms with E-state index < -0.39 is 4.92 Å². The molecule has 1 aromatic heterocycles. The Balaban J connectivity index is 2.16. The van der Waals surface area contributed by atoms with Crippen molar-refractivity contribution >= 4 is 5.69 Å². The molecule has 0 aliphatic heterocycles. The van der Waals surface area contributed by atoms with Crippen LogP contribution >= 0.6 is 0 Å². The Morgan fingerprint density at radius 2 is 2.20 bits per heavy atom. The van der Waals surface area contributed by atoms with Gasteiger partial charge in [0.15, 0.2) is 5.75 Å². The van der Waals surface area contributed by atoms with E-state index in [2.05, 4.69) is 10.3 Å². The van der Waals surface area contributed by atoms with Crippen molar-refractivity contribution in [2.45, 2.75) is 13.2 Å². The summed E-state index contributed by atoms with van der Waals surface area (Å²) in [5, 5.41) is 14.0. The summed E-state index contributed by atoms with van der Waals surface area (Å²) in [6.07, 6.45) is 3.33. The van der Waals surface area contributed by atoms with Crippen molar-refractivity contribution in [3.05, 3.63) is 64.0 Å². The molecule has 0 fully saturated rings. The van der Waals surface area contributed by atoms with Gasteiger partial charge in [-0.3, -0.25) is 15.1 Å². The molecule has 0 amide bonds. The SMILES string of the molecule is CNCc1ccc(OCc2cccnc2)c([N+](=O)[O-])c1. The third-order valence-electron chi connectivity index (χ3n) is 2.72. The van der Waals surface area contributed by atoms with Crippen molar-refractivity contribution in [1.82, 2.24) is 10.3 Å². The summed E-state index contributed by atoms with van der Waals surface area (Å²) in [4.78, 5) is 14.6. The average Bonchev–Trinajstić information content (AvgIpc) is 2.47. The van der Waals surface area contributed by atoms with Gasteiger partial charge in [0.05, 0.1) is 4.92 Å². The Hall–Kier alpha value is -2.47. The number of hydrogen-bond donors (Lipinski definition) is 1. The Morgan fingerprint density at radius 3 is 2.85 bits per heavy atom. The number of benzene rings is 1. The summed E-state index contributed by atoms with van der Waals surface area (Å²) in [6, 6.07) is 8.61. The first kappa shape index (κ1) is 14.0. The highest BCUT2D eigenvalue weighted by molar-refractivity contribution is 5.48. The van der Waals surface area contributed by atoms with Crippen molar-refractivity contribution in [3.8, 4) is 5.75 Å². The molecule has 1 N–H and O–H groups in total. The van der Waals surface area contributed by atoms with Gasteiger partial charge in [-0.1, -0.05) is 12.1 Å². The number of nitrogens with zero attached hydrogens (tertiary/aromatic N) is 2. The van der Waals surface area contributed by atoms with Crippen LogP contribution in [0.1, 0.15) is 11.1 Å². The molecule has 0 saturated heterocycles. The van der Waals surface area contributed by atoms with Crippen LogP contribution in [0.25, 0.3) is 0 Å². The average molecular weight is 273 g/mol. The monoisotopic (exact) mass is 273 g/mol. The lowest BCUT2D eigenvalue weighted by atomic mass is 10.2. The largest absolute Gasteiger partial charge is 0.482 e. The molecule has 6 heteroatoms. The lowest BCUT2D eigenvalue weighted by Crippen LogP contribution is -2.06. The van der Waals surface area contributed by atoms with Crippen molar-refractivity contribution in [3.63, 3.8) is 0 Å². The molecule has 104 valence electrons. The minimum Gasteiger partial charge on any atom is -0.482 e. The van der Waals surface area contributed by atoms with E-state index >= 15 is 0 Å². The summed E-state index contributed by atoms with van der Waals surface area (Å²) in [5.74, 6) is 0.263. The van der Waals surface area contributed by atoms with Gasteiger partial charge in [0, 0.05) is 30.6 Å². The van der Waals surface area contributed by atoms with Crippen LogP contribution in [0.3, 0.4) is 0 Å². The first-order valence-corrected chi connectivity index (χ1v) is 6.14. The summed E-state index contributed by atoms with van der Waals surface area (Å²) in [5.41, 5.74) is 1.68. The Morgan fingerprint density at radius 1 is 1.35 bits per heavy atom. The van der Waals surface area contributed by atoms with Crippen LogP contribution in [0, 0.1) is 10.1 Å². The maximum absolute atomic E-state index is 11.1. The number of rotatable bonds is 6. The number of nitro groups is 1. The third kappa shape index (κ3) is 3.52. The van der Waals surface area contributed by atoms with E-state index in [1.807, 2.05) is 12.1 Å². The molecule has 0 aliphatic rings. The minimum absolute atomic E-state index is 0.0263.